The smallest absolute Gasteiger partial charge is 0.141 e. The fourth-order valence-electron chi connectivity index (χ4n) is 2.38. The first-order valence-corrected chi connectivity index (χ1v) is 7.51. The van der Waals surface area contributed by atoms with E-state index in [0.29, 0.717) is 24.9 Å². The molecule has 0 amide bonds. The molecule has 1 atom stereocenters. The third kappa shape index (κ3) is 4.93. The molecule has 0 bridgehead atoms. The van der Waals surface area contributed by atoms with Crippen molar-refractivity contribution in [3.05, 3.63) is 29.0 Å². The number of aliphatic hydroxyl groups excluding tert-OH is 1. The minimum atomic E-state index is -0.583. The van der Waals surface area contributed by atoms with E-state index in [-0.39, 0.29) is 5.02 Å². The summed E-state index contributed by atoms with van der Waals surface area (Å²) in [5.74, 6) is -0.446. The summed E-state index contributed by atoms with van der Waals surface area (Å²) in [6.45, 7) is 0.682. The maximum Gasteiger partial charge on any atom is 0.141 e. The molecule has 5 heteroatoms. The molecule has 1 aliphatic carbocycles. The van der Waals surface area contributed by atoms with Crippen LogP contribution in [0.1, 0.15) is 32.1 Å². The van der Waals surface area contributed by atoms with Crippen molar-refractivity contribution in [2.24, 2.45) is 0 Å². The lowest BCUT2D eigenvalue weighted by molar-refractivity contribution is -0.0195. The van der Waals surface area contributed by atoms with Gasteiger partial charge in [-0.2, -0.15) is 0 Å². The molecule has 0 aromatic heterocycles. The first-order chi connectivity index (χ1) is 9.65. The Hall–Kier alpha value is -0.840. The van der Waals surface area contributed by atoms with Crippen molar-refractivity contribution in [2.45, 2.75) is 44.3 Å². The summed E-state index contributed by atoms with van der Waals surface area (Å²) in [7, 11) is 0. The number of hydrogen-bond acceptors (Lipinski definition) is 3. The second-order valence-electron chi connectivity index (χ2n) is 5.26. The monoisotopic (exact) mass is 301 g/mol. The van der Waals surface area contributed by atoms with Crippen LogP contribution in [-0.4, -0.2) is 30.5 Å². The fraction of sp³-hybridized carbons (Fsp3) is 0.600. The third-order valence-electron chi connectivity index (χ3n) is 3.54. The molecule has 3 nitrogen and oxygen atoms in total. The van der Waals surface area contributed by atoms with Crippen LogP contribution < -0.4 is 5.32 Å². The van der Waals surface area contributed by atoms with Gasteiger partial charge >= 0.3 is 0 Å². The summed E-state index contributed by atoms with van der Waals surface area (Å²) in [5.41, 5.74) is 0.688. The highest BCUT2D eigenvalue weighted by Gasteiger charge is 2.15. The van der Waals surface area contributed by atoms with Gasteiger partial charge in [0.25, 0.3) is 0 Å². The summed E-state index contributed by atoms with van der Waals surface area (Å²) >= 11 is 5.69. The normalized spacial score (nSPS) is 17.9. The van der Waals surface area contributed by atoms with Gasteiger partial charge in [0.15, 0.2) is 0 Å². The molecule has 0 radical (unpaired) electrons. The van der Waals surface area contributed by atoms with Crippen LogP contribution in [-0.2, 0) is 4.74 Å². The largest absolute Gasteiger partial charge is 0.389 e. The van der Waals surface area contributed by atoms with E-state index < -0.39 is 11.9 Å². The molecule has 1 aromatic carbocycles. The lowest BCUT2D eigenvalue weighted by Gasteiger charge is -2.23. The summed E-state index contributed by atoms with van der Waals surface area (Å²) in [6.07, 6.45) is 5.61. The molecule has 0 spiro atoms. The van der Waals surface area contributed by atoms with Crippen LogP contribution in [0.25, 0.3) is 0 Å². The number of aliphatic hydroxyl groups is 1. The molecule has 1 fully saturated rings. The molecule has 1 saturated carbocycles. The molecule has 20 heavy (non-hydrogen) atoms. The number of anilines is 1. The summed E-state index contributed by atoms with van der Waals surface area (Å²) in [4.78, 5) is 0. The Morgan fingerprint density at radius 3 is 2.80 bits per heavy atom. The third-order valence-corrected chi connectivity index (χ3v) is 3.83. The molecule has 0 heterocycles. The van der Waals surface area contributed by atoms with Crippen molar-refractivity contribution in [1.82, 2.24) is 0 Å². The molecule has 2 N–H and O–H groups in total. The van der Waals surface area contributed by atoms with Gasteiger partial charge in [0.2, 0.25) is 0 Å². The maximum atomic E-state index is 13.0. The molecule has 1 unspecified atom stereocenters. The van der Waals surface area contributed by atoms with Crippen LogP contribution in [0, 0.1) is 5.82 Å². The number of ether oxygens (including phenoxy) is 1. The van der Waals surface area contributed by atoms with E-state index in [1.165, 1.54) is 31.4 Å². The van der Waals surface area contributed by atoms with Crippen molar-refractivity contribution in [1.29, 1.82) is 0 Å². The SMILES string of the molecule is OC(CNc1ccc(F)c(Cl)c1)COC1CCCCC1. The highest BCUT2D eigenvalue weighted by Crippen LogP contribution is 2.21. The van der Waals surface area contributed by atoms with Gasteiger partial charge in [-0.1, -0.05) is 30.9 Å². The molecular formula is C15H21ClFNO2. The van der Waals surface area contributed by atoms with E-state index in [1.807, 2.05) is 0 Å². The number of hydrogen-bond donors (Lipinski definition) is 2. The molecule has 2 rings (SSSR count). The standard InChI is InChI=1S/C15H21ClFNO2/c16-14-8-11(6-7-15(14)17)18-9-12(19)10-20-13-4-2-1-3-5-13/h6-8,12-13,18-19H,1-5,9-10H2. The average Bonchev–Trinajstić information content (AvgIpc) is 2.47. The van der Waals surface area contributed by atoms with Crippen molar-refractivity contribution in [3.8, 4) is 0 Å². The summed E-state index contributed by atoms with van der Waals surface area (Å²) in [6, 6.07) is 4.40. The summed E-state index contributed by atoms with van der Waals surface area (Å²) < 4.78 is 18.7. The highest BCUT2D eigenvalue weighted by atomic mass is 35.5. The zero-order chi connectivity index (χ0) is 14.4. The quantitative estimate of drug-likeness (QED) is 0.843. The molecule has 112 valence electrons. The van der Waals surface area contributed by atoms with Gasteiger partial charge in [0.1, 0.15) is 5.82 Å². The molecule has 1 aliphatic rings. The first-order valence-electron chi connectivity index (χ1n) is 7.14. The lowest BCUT2D eigenvalue weighted by atomic mass is 9.98. The van der Waals surface area contributed by atoms with E-state index in [0.717, 1.165) is 12.8 Å². The fourth-order valence-corrected chi connectivity index (χ4v) is 2.56. The first kappa shape index (κ1) is 15.5. The van der Waals surface area contributed by atoms with Crippen LogP contribution in [0.3, 0.4) is 0 Å². The van der Waals surface area contributed by atoms with E-state index in [9.17, 15) is 9.50 Å². The Balaban J connectivity index is 1.68. The van der Waals surface area contributed by atoms with Crippen LogP contribution in [0.2, 0.25) is 5.02 Å². The average molecular weight is 302 g/mol. The predicted molar refractivity (Wildman–Crippen MR) is 78.7 cm³/mol. The van der Waals surface area contributed by atoms with E-state index >= 15 is 0 Å². The molecule has 0 saturated heterocycles. The topological polar surface area (TPSA) is 41.5 Å². The van der Waals surface area contributed by atoms with Gasteiger partial charge in [-0.25, -0.2) is 4.39 Å². The Morgan fingerprint density at radius 2 is 2.10 bits per heavy atom. The van der Waals surface area contributed by atoms with Gasteiger partial charge in [-0.05, 0) is 31.0 Å². The summed E-state index contributed by atoms with van der Waals surface area (Å²) in [5, 5.41) is 13.0. The molecule has 1 aromatic rings. The maximum absolute atomic E-state index is 13.0. The van der Waals surface area contributed by atoms with Gasteiger partial charge in [0.05, 0.1) is 23.8 Å². The van der Waals surface area contributed by atoms with Gasteiger partial charge < -0.3 is 15.2 Å². The number of nitrogens with one attached hydrogen (secondary N) is 1. The van der Waals surface area contributed by atoms with Crippen molar-refractivity contribution < 1.29 is 14.2 Å². The second-order valence-corrected chi connectivity index (χ2v) is 5.66. The Bertz CT molecular complexity index is 424. The zero-order valence-corrected chi connectivity index (χ0v) is 12.2. The van der Waals surface area contributed by atoms with E-state index in [1.54, 1.807) is 6.07 Å². The van der Waals surface area contributed by atoms with Crippen LogP contribution in [0.15, 0.2) is 18.2 Å². The highest BCUT2D eigenvalue weighted by molar-refractivity contribution is 6.31. The second kappa shape index (κ2) is 7.81. The number of rotatable bonds is 6. The van der Waals surface area contributed by atoms with Gasteiger partial charge in [0, 0.05) is 12.2 Å². The Morgan fingerprint density at radius 1 is 1.35 bits per heavy atom. The molecule has 0 aliphatic heterocycles. The molecular weight excluding hydrogens is 281 g/mol. The van der Waals surface area contributed by atoms with Crippen molar-refractivity contribution in [2.75, 3.05) is 18.5 Å². The lowest BCUT2D eigenvalue weighted by Crippen LogP contribution is -2.28. The Labute approximate surface area is 124 Å². The number of halogens is 2. The van der Waals surface area contributed by atoms with Crippen LogP contribution in [0.5, 0.6) is 0 Å². The van der Waals surface area contributed by atoms with Crippen LogP contribution in [0.4, 0.5) is 10.1 Å². The van der Waals surface area contributed by atoms with Crippen molar-refractivity contribution >= 4 is 17.3 Å². The van der Waals surface area contributed by atoms with E-state index in [2.05, 4.69) is 5.32 Å². The van der Waals surface area contributed by atoms with Gasteiger partial charge in [-0.3, -0.25) is 0 Å². The minimum absolute atomic E-state index is 0.0722. The predicted octanol–water partition coefficient (Wildman–Crippen LogP) is 3.60. The van der Waals surface area contributed by atoms with Gasteiger partial charge in [-0.15, -0.1) is 0 Å². The zero-order valence-electron chi connectivity index (χ0n) is 11.4. The number of benzene rings is 1. The van der Waals surface area contributed by atoms with E-state index in [4.69, 9.17) is 16.3 Å². The Kier molecular flexibility index (Phi) is 6.07. The minimum Gasteiger partial charge on any atom is -0.389 e. The van der Waals surface area contributed by atoms with Crippen molar-refractivity contribution in [3.63, 3.8) is 0 Å². The van der Waals surface area contributed by atoms with Crippen LogP contribution >= 0.6 is 11.6 Å².